The summed E-state index contributed by atoms with van der Waals surface area (Å²) in [4.78, 5) is 6.93. The van der Waals surface area contributed by atoms with Gasteiger partial charge in [0.25, 0.3) is 0 Å². The number of hydrogen-bond acceptors (Lipinski definition) is 5. The van der Waals surface area contributed by atoms with Gasteiger partial charge in [-0.15, -0.1) is 0 Å². The SMILES string of the molecule is COc1cccc2c(NCCN3CCNCC3)nccc12. The highest BCUT2D eigenvalue weighted by Gasteiger charge is 2.10. The van der Waals surface area contributed by atoms with Crippen LogP contribution in [0.5, 0.6) is 5.75 Å². The first kappa shape index (κ1) is 14.1. The van der Waals surface area contributed by atoms with Gasteiger partial charge in [-0.3, -0.25) is 4.90 Å². The summed E-state index contributed by atoms with van der Waals surface area (Å²) in [6, 6.07) is 8.06. The average Bonchev–Trinajstić information content (AvgIpc) is 2.55. The molecule has 5 nitrogen and oxygen atoms in total. The molecule has 0 aliphatic carbocycles. The molecule has 0 saturated carbocycles. The number of rotatable bonds is 5. The zero-order valence-corrected chi connectivity index (χ0v) is 12.4. The van der Waals surface area contributed by atoms with Gasteiger partial charge >= 0.3 is 0 Å². The number of aromatic nitrogens is 1. The number of fused-ring (bicyclic) bond motifs is 1. The number of nitrogens with zero attached hydrogens (tertiary/aromatic N) is 2. The van der Waals surface area contributed by atoms with Crippen molar-refractivity contribution in [2.75, 3.05) is 51.7 Å². The average molecular weight is 286 g/mol. The van der Waals surface area contributed by atoms with Crippen LogP contribution in [0.25, 0.3) is 10.8 Å². The second-order valence-corrected chi connectivity index (χ2v) is 5.23. The summed E-state index contributed by atoms with van der Waals surface area (Å²) in [5.74, 6) is 1.82. The van der Waals surface area contributed by atoms with Gasteiger partial charge in [-0.25, -0.2) is 4.98 Å². The maximum atomic E-state index is 5.41. The molecule has 1 aliphatic rings. The van der Waals surface area contributed by atoms with Crippen LogP contribution in [0, 0.1) is 0 Å². The van der Waals surface area contributed by atoms with E-state index in [1.54, 1.807) is 7.11 Å². The van der Waals surface area contributed by atoms with Crippen LogP contribution >= 0.6 is 0 Å². The summed E-state index contributed by atoms with van der Waals surface area (Å²) in [5.41, 5.74) is 0. The van der Waals surface area contributed by atoms with E-state index in [1.165, 1.54) is 0 Å². The minimum atomic E-state index is 0.889. The Bertz CT molecular complexity index is 596. The molecule has 0 amide bonds. The highest BCUT2D eigenvalue weighted by atomic mass is 16.5. The third kappa shape index (κ3) is 3.25. The van der Waals surface area contributed by atoms with E-state index in [0.717, 1.165) is 61.6 Å². The lowest BCUT2D eigenvalue weighted by Gasteiger charge is -2.27. The molecule has 0 radical (unpaired) electrons. The lowest BCUT2D eigenvalue weighted by atomic mass is 10.1. The molecule has 1 saturated heterocycles. The van der Waals surface area contributed by atoms with Crippen molar-refractivity contribution >= 4 is 16.6 Å². The van der Waals surface area contributed by atoms with Crippen molar-refractivity contribution in [3.8, 4) is 5.75 Å². The fraction of sp³-hybridized carbons (Fsp3) is 0.438. The summed E-state index contributed by atoms with van der Waals surface area (Å²) in [6.07, 6.45) is 1.83. The van der Waals surface area contributed by atoms with Gasteiger partial charge in [0, 0.05) is 56.2 Å². The Morgan fingerprint density at radius 1 is 1.24 bits per heavy atom. The topological polar surface area (TPSA) is 49.4 Å². The van der Waals surface area contributed by atoms with E-state index >= 15 is 0 Å². The highest BCUT2D eigenvalue weighted by Crippen LogP contribution is 2.28. The van der Waals surface area contributed by atoms with E-state index in [4.69, 9.17) is 4.74 Å². The Balaban J connectivity index is 1.69. The van der Waals surface area contributed by atoms with E-state index in [9.17, 15) is 0 Å². The van der Waals surface area contributed by atoms with Crippen LogP contribution in [-0.2, 0) is 0 Å². The van der Waals surface area contributed by atoms with Gasteiger partial charge < -0.3 is 15.4 Å². The number of benzene rings is 1. The summed E-state index contributed by atoms with van der Waals surface area (Å²) in [5, 5.41) is 9.03. The number of pyridine rings is 1. The third-order valence-electron chi connectivity index (χ3n) is 3.92. The van der Waals surface area contributed by atoms with Crippen LogP contribution in [0.4, 0.5) is 5.82 Å². The normalized spacial score (nSPS) is 16.0. The largest absolute Gasteiger partial charge is 0.496 e. The zero-order chi connectivity index (χ0) is 14.5. The van der Waals surface area contributed by atoms with Gasteiger partial charge in [0.15, 0.2) is 0 Å². The molecular formula is C16H22N4O. The van der Waals surface area contributed by atoms with E-state index in [2.05, 4.69) is 26.6 Å². The van der Waals surface area contributed by atoms with Crippen molar-refractivity contribution < 1.29 is 4.74 Å². The molecule has 5 heteroatoms. The molecule has 1 aromatic heterocycles. The molecule has 0 spiro atoms. The van der Waals surface area contributed by atoms with E-state index in [0.29, 0.717) is 0 Å². The second kappa shape index (κ2) is 6.74. The predicted molar refractivity (Wildman–Crippen MR) is 86.1 cm³/mol. The molecule has 3 rings (SSSR count). The smallest absolute Gasteiger partial charge is 0.133 e. The molecule has 0 atom stereocenters. The van der Waals surface area contributed by atoms with Gasteiger partial charge in [-0.2, -0.15) is 0 Å². The van der Waals surface area contributed by atoms with Gasteiger partial charge in [0.05, 0.1) is 7.11 Å². The number of hydrogen-bond donors (Lipinski definition) is 2. The molecule has 1 fully saturated rings. The number of anilines is 1. The molecule has 112 valence electrons. The summed E-state index contributed by atoms with van der Waals surface area (Å²) < 4.78 is 5.41. The Morgan fingerprint density at radius 2 is 2.10 bits per heavy atom. The van der Waals surface area contributed by atoms with Crippen LogP contribution in [0.15, 0.2) is 30.5 Å². The molecule has 0 unspecified atom stereocenters. The van der Waals surface area contributed by atoms with Crippen LogP contribution in [0.3, 0.4) is 0 Å². The van der Waals surface area contributed by atoms with Gasteiger partial charge in [-0.05, 0) is 12.1 Å². The standard InChI is InChI=1S/C16H22N4O/c1-21-15-4-2-3-14-13(15)5-6-18-16(14)19-9-12-20-10-7-17-8-11-20/h2-6,17H,7-12H2,1H3,(H,18,19). The second-order valence-electron chi connectivity index (χ2n) is 5.23. The summed E-state index contributed by atoms with van der Waals surface area (Å²) in [7, 11) is 1.70. The third-order valence-corrected chi connectivity index (χ3v) is 3.92. The van der Waals surface area contributed by atoms with Crippen LogP contribution in [-0.4, -0.2) is 56.3 Å². The molecular weight excluding hydrogens is 264 g/mol. The van der Waals surface area contributed by atoms with Crippen LogP contribution < -0.4 is 15.4 Å². The zero-order valence-electron chi connectivity index (χ0n) is 12.4. The molecule has 1 aromatic carbocycles. The van der Waals surface area contributed by atoms with Gasteiger partial charge in [-0.1, -0.05) is 12.1 Å². The Kier molecular flexibility index (Phi) is 4.52. The quantitative estimate of drug-likeness (QED) is 0.873. The maximum absolute atomic E-state index is 5.41. The van der Waals surface area contributed by atoms with E-state index in [1.807, 2.05) is 24.4 Å². The number of ether oxygens (including phenoxy) is 1. The first-order valence-electron chi connectivity index (χ1n) is 7.47. The van der Waals surface area contributed by atoms with Crippen molar-refractivity contribution in [3.63, 3.8) is 0 Å². The molecule has 2 aromatic rings. The molecule has 0 bridgehead atoms. The Labute approximate surface area is 125 Å². The van der Waals surface area contributed by atoms with Crippen LogP contribution in [0.2, 0.25) is 0 Å². The lowest BCUT2D eigenvalue weighted by Crippen LogP contribution is -2.45. The van der Waals surface area contributed by atoms with Crippen molar-refractivity contribution in [2.24, 2.45) is 0 Å². The molecule has 1 aliphatic heterocycles. The van der Waals surface area contributed by atoms with Gasteiger partial charge in [0.1, 0.15) is 11.6 Å². The Morgan fingerprint density at radius 3 is 2.90 bits per heavy atom. The maximum Gasteiger partial charge on any atom is 0.133 e. The van der Waals surface area contributed by atoms with Crippen molar-refractivity contribution in [3.05, 3.63) is 30.5 Å². The molecule has 21 heavy (non-hydrogen) atoms. The van der Waals surface area contributed by atoms with Crippen LogP contribution in [0.1, 0.15) is 0 Å². The minimum Gasteiger partial charge on any atom is -0.496 e. The molecule has 2 heterocycles. The fourth-order valence-electron chi connectivity index (χ4n) is 2.76. The number of methoxy groups -OCH3 is 1. The van der Waals surface area contributed by atoms with Gasteiger partial charge in [0.2, 0.25) is 0 Å². The van der Waals surface area contributed by atoms with E-state index in [-0.39, 0.29) is 0 Å². The summed E-state index contributed by atoms with van der Waals surface area (Å²) in [6.45, 7) is 6.37. The first-order chi connectivity index (χ1) is 10.4. The van der Waals surface area contributed by atoms with Crippen molar-refractivity contribution in [1.29, 1.82) is 0 Å². The van der Waals surface area contributed by atoms with E-state index < -0.39 is 0 Å². The monoisotopic (exact) mass is 286 g/mol. The first-order valence-corrected chi connectivity index (χ1v) is 7.47. The predicted octanol–water partition coefficient (Wildman–Crippen LogP) is 1.56. The van der Waals surface area contributed by atoms with Crippen molar-refractivity contribution in [2.45, 2.75) is 0 Å². The molecule has 2 N–H and O–H groups in total. The fourth-order valence-corrected chi connectivity index (χ4v) is 2.76. The summed E-state index contributed by atoms with van der Waals surface area (Å²) >= 11 is 0. The number of piperazine rings is 1. The lowest BCUT2D eigenvalue weighted by molar-refractivity contribution is 0.249. The van der Waals surface area contributed by atoms with Crippen molar-refractivity contribution in [1.82, 2.24) is 15.2 Å². The Hall–Kier alpha value is -1.85. The minimum absolute atomic E-state index is 0.889. The number of nitrogens with one attached hydrogen (secondary N) is 2. The highest BCUT2D eigenvalue weighted by molar-refractivity contribution is 5.95.